The van der Waals surface area contributed by atoms with Gasteiger partial charge in [-0.1, -0.05) is 18.2 Å². The molecule has 0 heterocycles. The van der Waals surface area contributed by atoms with E-state index in [1.54, 1.807) is 12.1 Å². The lowest BCUT2D eigenvalue weighted by molar-refractivity contribution is 0.416. The Morgan fingerprint density at radius 1 is 0.714 bits per heavy atom. The lowest BCUT2D eigenvalue weighted by atomic mass is 10.1. The summed E-state index contributed by atoms with van der Waals surface area (Å²) in [6.45, 7) is 1.83. The molecule has 0 amide bonds. The Hall–Kier alpha value is -5.92. The highest BCUT2D eigenvalue weighted by Gasteiger charge is 2.15. The molecule has 0 aromatic heterocycles. The number of fused-ring (bicyclic) bond motifs is 1. The third-order valence-electron chi connectivity index (χ3n) is 7.42. The van der Waals surface area contributed by atoms with Gasteiger partial charge < -0.3 is 20.3 Å². The second kappa shape index (κ2) is 14.1. The van der Waals surface area contributed by atoms with Gasteiger partial charge in [0.15, 0.2) is 5.75 Å². The number of para-hydroxylation sites is 1. The Balaban J connectivity index is 1.19. The molecule has 6 aromatic rings. The van der Waals surface area contributed by atoms with Gasteiger partial charge in [-0.05, 0) is 109 Å². The van der Waals surface area contributed by atoms with Crippen molar-refractivity contribution in [3.63, 3.8) is 0 Å². The monoisotopic (exact) mass is 690 g/mol. The van der Waals surface area contributed by atoms with Crippen molar-refractivity contribution in [2.24, 2.45) is 20.5 Å². The van der Waals surface area contributed by atoms with Crippen LogP contribution in [0.5, 0.6) is 17.2 Å². The molecular formula is C36H30N6O5S2. The van der Waals surface area contributed by atoms with Crippen LogP contribution in [0.15, 0.2) is 146 Å². The minimum Gasteiger partial charge on any atom is -0.508 e. The van der Waals surface area contributed by atoms with Gasteiger partial charge in [0.25, 0.3) is 10.0 Å². The van der Waals surface area contributed by atoms with Crippen molar-refractivity contribution < 1.29 is 23.4 Å². The van der Waals surface area contributed by atoms with Gasteiger partial charge in [-0.25, -0.2) is 8.42 Å². The lowest BCUT2D eigenvalue weighted by Crippen LogP contribution is -2.12. The Kier molecular flexibility index (Phi) is 9.47. The number of hydrogen-bond donors (Lipinski definition) is 5. The Bertz CT molecular complexity index is 2310. The first-order chi connectivity index (χ1) is 23.6. The van der Waals surface area contributed by atoms with E-state index in [2.05, 4.69) is 43.1 Å². The minimum absolute atomic E-state index is 0.0322. The number of phenolic OH excluding ortho intramolecular Hbond substituents is 2. The average molecular weight is 691 g/mol. The van der Waals surface area contributed by atoms with E-state index in [-0.39, 0.29) is 22.1 Å². The molecule has 13 heteroatoms. The van der Waals surface area contributed by atoms with Crippen molar-refractivity contribution in [2.75, 3.05) is 17.1 Å². The molecule has 0 fully saturated rings. The first-order valence-electron chi connectivity index (χ1n) is 14.8. The van der Waals surface area contributed by atoms with Crippen LogP contribution in [0.3, 0.4) is 0 Å². The first kappa shape index (κ1) is 33.0. The number of ether oxygens (including phenoxy) is 1. The first-order valence-corrected chi connectivity index (χ1v) is 16.8. The number of nitrogens with zero attached hydrogens (tertiary/aromatic N) is 4. The molecule has 0 saturated carbocycles. The van der Waals surface area contributed by atoms with Crippen molar-refractivity contribution in [3.05, 3.63) is 121 Å². The summed E-state index contributed by atoms with van der Waals surface area (Å²) in [5, 5.41) is 42.5. The third kappa shape index (κ3) is 7.64. The van der Waals surface area contributed by atoms with Crippen LogP contribution in [-0.4, -0.2) is 25.7 Å². The van der Waals surface area contributed by atoms with Gasteiger partial charge in [-0.3, -0.25) is 4.72 Å². The molecule has 0 saturated heterocycles. The van der Waals surface area contributed by atoms with Crippen LogP contribution >= 0.6 is 12.6 Å². The molecule has 246 valence electrons. The number of rotatable bonds is 10. The highest BCUT2D eigenvalue weighted by Crippen LogP contribution is 2.43. The summed E-state index contributed by atoms with van der Waals surface area (Å²) in [6.07, 6.45) is 0. The van der Waals surface area contributed by atoms with Gasteiger partial charge in [-0.2, -0.15) is 10.2 Å². The fourth-order valence-electron chi connectivity index (χ4n) is 4.89. The van der Waals surface area contributed by atoms with Gasteiger partial charge in [0.05, 0.1) is 23.4 Å². The number of thiol groups is 1. The summed E-state index contributed by atoms with van der Waals surface area (Å²) >= 11 is 4.58. The van der Waals surface area contributed by atoms with E-state index >= 15 is 0 Å². The number of aryl methyl sites for hydroxylation is 1. The molecule has 6 aromatic carbocycles. The van der Waals surface area contributed by atoms with E-state index in [0.717, 1.165) is 22.3 Å². The molecule has 0 spiro atoms. The molecule has 0 aliphatic heterocycles. The summed E-state index contributed by atoms with van der Waals surface area (Å²) in [7, 11) is -2.35. The van der Waals surface area contributed by atoms with Gasteiger partial charge >= 0.3 is 0 Å². The standard InChI is InChI=1S/C36H30N6O5S2/c1-22-18-32(40-41-35-34(48)20-23-19-27(12-17-30(23)36(35)44)37-24-6-4-3-5-7-24)33(47-2)21-31(22)39-38-25-10-15-29(16-11-25)49(45,46)42-26-8-13-28(43)14-9-26/h3-21,37,42-44,48H,1-2H3/b39-38+,41-40+. The summed E-state index contributed by atoms with van der Waals surface area (Å²) in [4.78, 5) is 0.486. The maximum atomic E-state index is 12.8. The van der Waals surface area contributed by atoms with Gasteiger partial charge in [-0.15, -0.1) is 22.9 Å². The van der Waals surface area contributed by atoms with Crippen LogP contribution in [0.1, 0.15) is 5.56 Å². The van der Waals surface area contributed by atoms with Gasteiger partial charge in [0.2, 0.25) is 0 Å². The number of phenols is 2. The lowest BCUT2D eigenvalue weighted by Gasteiger charge is -2.11. The van der Waals surface area contributed by atoms with Crippen molar-refractivity contribution in [3.8, 4) is 17.2 Å². The number of aromatic hydroxyl groups is 2. The van der Waals surface area contributed by atoms with Crippen molar-refractivity contribution in [1.29, 1.82) is 0 Å². The van der Waals surface area contributed by atoms with Crippen LogP contribution in [0.2, 0.25) is 0 Å². The fraction of sp³-hybridized carbons (Fsp3) is 0.0556. The maximum absolute atomic E-state index is 12.8. The molecule has 0 aliphatic rings. The van der Waals surface area contributed by atoms with E-state index in [0.29, 0.717) is 38.8 Å². The SMILES string of the molecule is COc1cc(/N=N/c2ccc(S(=O)(=O)Nc3ccc(O)cc3)cc2)c(C)cc1/N=N/c1c(S)cc2cc(Nc3ccccc3)ccc2c1O. The van der Waals surface area contributed by atoms with Crippen LogP contribution in [0.4, 0.5) is 39.8 Å². The summed E-state index contributed by atoms with van der Waals surface area (Å²) in [5.41, 5.74) is 4.41. The van der Waals surface area contributed by atoms with Crippen LogP contribution in [-0.2, 0) is 10.0 Å². The van der Waals surface area contributed by atoms with E-state index in [4.69, 9.17) is 4.74 Å². The van der Waals surface area contributed by atoms with Crippen LogP contribution in [0.25, 0.3) is 10.8 Å². The van der Waals surface area contributed by atoms with Crippen molar-refractivity contribution >= 4 is 73.2 Å². The smallest absolute Gasteiger partial charge is 0.261 e. The molecule has 0 radical (unpaired) electrons. The van der Waals surface area contributed by atoms with Crippen molar-refractivity contribution in [2.45, 2.75) is 16.7 Å². The van der Waals surface area contributed by atoms with Crippen LogP contribution < -0.4 is 14.8 Å². The zero-order valence-electron chi connectivity index (χ0n) is 26.2. The Morgan fingerprint density at radius 3 is 2.12 bits per heavy atom. The van der Waals surface area contributed by atoms with Crippen molar-refractivity contribution in [1.82, 2.24) is 0 Å². The molecule has 6 rings (SSSR count). The number of azo groups is 2. The number of methoxy groups -OCH3 is 1. The second-order valence-electron chi connectivity index (χ2n) is 10.9. The highest BCUT2D eigenvalue weighted by molar-refractivity contribution is 7.92. The highest BCUT2D eigenvalue weighted by atomic mass is 32.2. The number of benzene rings is 6. The Labute approximate surface area is 288 Å². The normalized spacial score (nSPS) is 11.7. The summed E-state index contributed by atoms with van der Waals surface area (Å²) in [5.74, 6) is 0.362. The molecule has 0 unspecified atom stereocenters. The molecule has 11 nitrogen and oxygen atoms in total. The number of nitrogens with one attached hydrogen (secondary N) is 2. The minimum atomic E-state index is -3.85. The molecular weight excluding hydrogens is 661 g/mol. The Morgan fingerprint density at radius 2 is 1.41 bits per heavy atom. The molecule has 0 aliphatic carbocycles. The van der Waals surface area contributed by atoms with Crippen LogP contribution in [0, 0.1) is 6.92 Å². The zero-order valence-corrected chi connectivity index (χ0v) is 27.9. The van der Waals surface area contributed by atoms with E-state index in [1.807, 2.05) is 61.5 Å². The number of sulfonamides is 1. The summed E-state index contributed by atoms with van der Waals surface area (Å²) in [6, 6.07) is 32.3. The molecule has 4 N–H and O–H groups in total. The van der Waals surface area contributed by atoms with E-state index < -0.39 is 10.0 Å². The topological polar surface area (TPSA) is 157 Å². The third-order valence-corrected chi connectivity index (χ3v) is 9.16. The van der Waals surface area contributed by atoms with E-state index in [9.17, 15) is 18.6 Å². The predicted molar refractivity (Wildman–Crippen MR) is 194 cm³/mol. The van der Waals surface area contributed by atoms with Gasteiger partial charge in [0, 0.05) is 33.4 Å². The molecule has 0 atom stereocenters. The van der Waals surface area contributed by atoms with Gasteiger partial charge in [0.1, 0.15) is 22.9 Å². The molecule has 0 bridgehead atoms. The maximum Gasteiger partial charge on any atom is 0.261 e. The largest absolute Gasteiger partial charge is 0.508 e. The second-order valence-corrected chi connectivity index (χ2v) is 13.0. The quantitative estimate of drug-likeness (QED) is 0.0547. The number of anilines is 3. The average Bonchev–Trinajstić information content (AvgIpc) is 3.09. The fourth-order valence-corrected chi connectivity index (χ4v) is 6.24. The molecule has 49 heavy (non-hydrogen) atoms. The van der Waals surface area contributed by atoms with E-state index in [1.165, 1.54) is 55.6 Å². The number of hydrogen-bond acceptors (Lipinski definition) is 11. The predicted octanol–water partition coefficient (Wildman–Crippen LogP) is 10.2. The zero-order chi connectivity index (χ0) is 34.5. The summed E-state index contributed by atoms with van der Waals surface area (Å²) < 4.78 is 33.5.